The summed E-state index contributed by atoms with van der Waals surface area (Å²) in [6.07, 6.45) is 3.56. The fraction of sp³-hybridized carbons (Fsp3) is 0.400. The maximum absolute atomic E-state index is 11.0. The molecule has 0 aliphatic heterocycles. The number of methoxy groups -OCH3 is 1. The van der Waals surface area contributed by atoms with Crippen LogP contribution in [0.2, 0.25) is 0 Å². The molecule has 4 nitrogen and oxygen atoms in total. The van der Waals surface area contributed by atoms with E-state index in [1.165, 1.54) is 7.11 Å². The third-order valence-electron chi connectivity index (χ3n) is 1.75. The Morgan fingerprint density at radius 2 is 2.21 bits per heavy atom. The summed E-state index contributed by atoms with van der Waals surface area (Å²) in [6, 6.07) is 3.60. The van der Waals surface area contributed by atoms with Crippen LogP contribution in [0.4, 0.5) is 0 Å². The van der Waals surface area contributed by atoms with Crippen molar-refractivity contribution in [1.29, 1.82) is 0 Å². The van der Waals surface area contributed by atoms with E-state index in [0.29, 0.717) is 5.56 Å². The van der Waals surface area contributed by atoms with Crippen molar-refractivity contribution in [2.45, 2.75) is 19.8 Å². The van der Waals surface area contributed by atoms with E-state index in [1.807, 2.05) is 6.07 Å². The molecular formula is C10H16N2O2. The third kappa shape index (κ3) is 3.14. The molecule has 3 N–H and O–H groups in total. The smallest absolute Gasteiger partial charge is 0.339 e. The van der Waals surface area contributed by atoms with Crippen molar-refractivity contribution >= 4 is 5.97 Å². The minimum atomic E-state index is -0.337. The van der Waals surface area contributed by atoms with Crippen LogP contribution in [0, 0.1) is 0 Å². The van der Waals surface area contributed by atoms with Crippen LogP contribution in [0.1, 0.15) is 29.4 Å². The normalized spacial score (nSPS) is 9.00. The van der Waals surface area contributed by atoms with Gasteiger partial charge in [-0.25, -0.2) is 4.79 Å². The molecule has 0 fully saturated rings. The van der Waals surface area contributed by atoms with Gasteiger partial charge in [0.25, 0.3) is 0 Å². The zero-order chi connectivity index (χ0) is 9.68. The quantitative estimate of drug-likeness (QED) is 0.750. The van der Waals surface area contributed by atoms with Gasteiger partial charge in [0.15, 0.2) is 0 Å². The van der Waals surface area contributed by atoms with Crippen LogP contribution in [0.15, 0.2) is 18.3 Å². The van der Waals surface area contributed by atoms with E-state index in [-0.39, 0.29) is 12.1 Å². The van der Waals surface area contributed by atoms with Crippen molar-refractivity contribution in [3.8, 4) is 0 Å². The summed E-state index contributed by atoms with van der Waals surface area (Å²) in [7, 11) is 1.36. The highest BCUT2D eigenvalue weighted by Gasteiger charge is 2.04. The molecule has 1 rings (SSSR count). The topological polar surface area (TPSA) is 74.2 Å². The first kappa shape index (κ1) is 12.6. The number of nitrogens with zero attached hydrogens (tertiary/aromatic N) is 1. The number of hydrogen-bond donors (Lipinski definition) is 1. The minimum absolute atomic E-state index is 0. The number of pyridine rings is 1. The number of rotatable bonds is 3. The monoisotopic (exact) mass is 196 g/mol. The Morgan fingerprint density at radius 3 is 2.64 bits per heavy atom. The highest BCUT2D eigenvalue weighted by atomic mass is 16.5. The van der Waals surface area contributed by atoms with Crippen molar-refractivity contribution in [2.24, 2.45) is 0 Å². The zero-order valence-electron chi connectivity index (χ0n) is 8.62. The molecule has 0 radical (unpaired) electrons. The first-order valence-electron chi connectivity index (χ1n) is 4.31. The van der Waals surface area contributed by atoms with E-state index >= 15 is 0 Å². The molecule has 1 heterocycles. The number of aromatic nitrogens is 1. The lowest BCUT2D eigenvalue weighted by molar-refractivity contribution is 0.0600. The van der Waals surface area contributed by atoms with Crippen LogP contribution in [-0.4, -0.2) is 18.1 Å². The molecule has 0 saturated heterocycles. The molecule has 0 unspecified atom stereocenters. The van der Waals surface area contributed by atoms with E-state index in [4.69, 9.17) is 0 Å². The SMILES string of the molecule is CCCc1ccc(C(=O)OC)cn1.N. The van der Waals surface area contributed by atoms with Crippen LogP contribution in [0.5, 0.6) is 0 Å². The molecule has 0 amide bonds. The first-order valence-corrected chi connectivity index (χ1v) is 4.31. The number of carbonyl (C=O) groups excluding carboxylic acids is 1. The molecule has 1 aromatic heterocycles. The number of carbonyl (C=O) groups is 1. The van der Waals surface area contributed by atoms with Gasteiger partial charge in [-0.1, -0.05) is 13.3 Å². The molecule has 0 saturated carbocycles. The summed E-state index contributed by atoms with van der Waals surface area (Å²) in [4.78, 5) is 15.2. The summed E-state index contributed by atoms with van der Waals surface area (Å²) in [6.45, 7) is 2.09. The van der Waals surface area contributed by atoms with Crippen LogP contribution >= 0.6 is 0 Å². The van der Waals surface area contributed by atoms with Crippen LogP contribution in [0.25, 0.3) is 0 Å². The molecule has 0 bridgehead atoms. The predicted molar refractivity (Wildman–Crippen MR) is 54.6 cm³/mol. The predicted octanol–water partition coefficient (Wildman–Crippen LogP) is 1.98. The maximum atomic E-state index is 11.0. The maximum Gasteiger partial charge on any atom is 0.339 e. The first-order chi connectivity index (χ1) is 6.27. The largest absolute Gasteiger partial charge is 0.465 e. The van der Waals surface area contributed by atoms with Crippen molar-refractivity contribution < 1.29 is 9.53 Å². The second-order valence-electron chi connectivity index (χ2n) is 2.78. The lowest BCUT2D eigenvalue weighted by Gasteiger charge is -2.00. The Labute approximate surface area is 83.9 Å². The van der Waals surface area contributed by atoms with Gasteiger partial charge in [0, 0.05) is 11.9 Å². The standard InChI is InChI=1S/C10H13NO2.H3N/c1-3-4-9-6-5-8(7-11-9)10(12)13-2;/h5-7H,3-4H2,1-2H3;1H3. The van der Waals surface area contributed by atoms with E-state index in [1.54, 1.807) is 12.3 Å². The number of ether oxygens (including phenoxy) is 1. The fourth-order valence-electron chi connectivity index (χ4n) is 1.07. The Hall–Kier alpha value is -1.42. The Morgan fingerprint density at radius 1 is 1.50 bits per heavy atom. The van der Waals surface area contributed by atoms with Gasteiger partial charge >= 0.3 is 5.97 Å². The van der Waals surface area contributed by atoms with Gasteiger partial charge in [0.1, 0.15) is 0 Å². The Kier molecular flexibility index (Phi) is 5.48. The van der Waals surface area contributed by atoms with Gasteiger partial charge < -0.3 is 10.9 Å². The third-order valence-corrected chi connectivity index (χ3v) is 1.75. The van der Waals surface area contributed by atoms with Crippen LogP contribution in [0.3, 0.4) is 0 Å². The molecule has 1 aromatic rings. The average Bonchev–Trinajstić information content (AvgIpc) is 2.18. The molecule has 0 aliphatic rings. The molecule has 0 atom stereocenters. The van der Waals surface area contributed by atoms with Gasteiger partial charge in [-0.15, -0.1) is 0 Å². The molecular weight excluding hydrogens is 180 g/mol. The van der Waals surface area contributed by atoms with Crippen molar-refractivity contribution in [1.82, 2.24) is 11.1 Å². The van der Waals surface area contributed by atoms with Crippen LogP contribution < -0.4 is 6.15 Å². The van der Waals surface area contributed by atoms with Crippen molar-refractivity contribution in [3.05, 3.63) is 29.6 Å². The zero-order valence-corrected chi connectivity index (χ0v) is 8.62. The van der Waals surface area contributed by atoms with Gasteiger partial charge in [0.05, 0.1) is 12.7 Å². The van der Waals surface area contributed by atoms with Gasteiger partial charge in [-0.05, 0) is 18.6 Å². The number of aryl methyl sites for hydroxylation is 1. The van der Waals surface area contributed by atoms with Gasteiger partial charge in [-0.2, -0.15) is 0 Å². The lowest BCUT2D eigenvalue weighted by atomic mass is 10.2. The Balaban J connectivity index is 0.00000169. The highest BCUT2D eigenvalue weighted by molar-refractivity contribution is 5.88. The average molecular weight is 196 g/mol. The molecule has 78 valence electrons. The van der Waals surface area contributed by atoms with Gasteiger partial charge in [0.2, 0.25) is 0 Å². The van der Waals surface area contributed by atoms with E-state index in [0.717, 1.165) is 18.5 Å². The van der Waals surface area contributed by atoms with E-state index in [2.05, 4.69) is 16.6 Å². The summed E-state index contributed by atoms with van der Waals surface area (Å²) < 4.78 is 4.56. The van der Waals surface area contributed by atoms with Gasteiger partial charge in [-0.3, -0.25) is 4.98 Å². The molecule has 4 heteroatoms. The minimum Gasteiger partial charge on any atom is -0.465 e. The number of hydrogen-bond acceptors (Lipinski definition) is 4. The summed E-state index contributed by atoms with van der Waals surface area (Å²) in [5, 5.41) is 0. The Bertz CT molecular complexity index is 283. The number of esters is 1. The molecule has 0 aliphatic carbocycles. The van der Waals surface area contributed by atoms with E-state index < -0.39 is 0 Å². The lowest BCUT2D eigenvalue weighted by Crippen LogP contribution is -2.02. The van der Waals surface area contributed by atoms with Crippen molar-refractivity contribution in [2.75, 3.05) is 7.11 Å². The van der Waals surface area contributed by atoms with Crippen molar-refractivity contribution in [3.63, 3.8) is 0 Å². The molecule has 0 aromatic carbocycles. The van der Waals surface area contributed by atoms with Crippen LogP contribution in [-0.2, 0) is 11.2 Å². The molecule has 14 heavy (non-hydrogen) atoms. The summed E-state index contributed by atoms with van der Waals surface area (Å²) in [5.41, 5.74) is 1.51. The summed E-state index contributed by atoms with van der Waals surface area (Å²) in [5.74, 6) is -0.337. The second kappa shape index (κ2) is 6.10. The summed E-state index contributed by atoms with van der Waals surface area (Å²) >= 11 is 0. The van der Waals surface area contributed by atoms with E-state index in [9.17, 15) is 4.79 Å². The fourth-order valence-corrected chi connectivity index (χ4v) is 1.07. The second-order valence-corrected chi connectivity index (χ2v) is 2.78. The highest BCUT2D eigenvalue weighted by Crippen LogP contribution is 2.03. The molecule has 0 spiro atoms.